The first-order chi connectivity index (χ1) is 9.49. The standard InChI is InChI=1S/C16H25N3O/c1-11(2)9-18-16(20)12(3)19-8-7-13-5-4-6-15(17)14(13)10-19/h4-6,11-12H,7-10,17H2,1-3H3,(H,18,20). The van der Waals surface area contributed by atoms with Gasteiger partial charge in [-0.2, -0.15) is 0 Å². The predicted molar refractivity (Wildman–Crippen MR) is 82.3 cm³/mol. The molecule has 1 unspecified atom stereocenters. The molecular formula is C16H25N3O. The molecule has 1 heterocycles. The fourth-order valence-corrected chi connectivity index (χ4v) is 2.58. The van der Waals surface area contributed by atoms with Crippen molar-refractivity contribution in [2.24, 2.45) is 5.92 Å². The van der Waals surface area contributed by atoms with Crippen LogP contribution in [0, 0.1) is 5.92 Å². The highest BCUT2D eigenvalue weighted by atomic mass is 16.2. The lowest BCUT2D eigenvalue weighted by molar-refractivity contribution is -0.126. The number of carbonyl (C=O) groups is 1. The van der Waals surface area contributed by atoms with Crippen molar-refractivity contribution in [3.05, 3.63) is 29.3 Å². The largest absolute Gasteiger partial charge is 0.398 e. The first-order valence-corrected chi connectivity index (χ1v) is 7.37. The van der Waals surface area contributed by atoms with Gasteiger partial charge in [-0.1, -0.05) is 26.0 Å². The van der Waals surface area contributed by atoms with Gasteiger partial charge < -0.3 is 11.1 Å². The molecule has 1 aliphatic rings. The topological polar surface area (TPSA) is 58.4 Å². The lowest BCUT2D eigenvalue weighted by Gasteiger charge is -2.33. The Morgan fingerprint density at radius 3 is 2.85 bits per heavy atom. The Balaban J connectivity index is 2.01. The number of nitrogen functional groups attached to an aromatic ring is 1. The maximum Gasteiger partial charge on any atom is 0.237 e. The second-order valence-corrected chi connectivity index (χ2v) is 6.02. The number of nitrogens with one attached hydrogen (secondary N) is 1. The van der Waals surface area contributed by atoms with Crippen LogP contribution in [0.1, 0.15) is 31.9 Å². The second kappa shape index (κ2) is 6.27. The van der Waals surface area contributed by atoms with E-state index >= 15 is 0 Å². The Bertz CT molecular complexity index is 485. The van der Waals surface area contributed by atoms with Crippen molar-refractivity contribution in [3.63, 3.8) is 0 Å². The molecule has 20 heavy (non-hydrogen) atoms. The van der Waals surface area contributed by atoms with Gasteiger partial charge in [0.1, 0.15) is 0 Å². The molecule has 0 bridgehead atoms. The summed E-state index contributed by atoms with van der Waals surface area (Å²) in [6, 6.07) is 5.96. The Kier molecular flexibility index (Phi) is 4.65. The van der Waals surface area contributed by atoms with Crippen molar-refractivity contribution < 1.29 is 4.79 Å². The van der Waals surface area contributed by atoms with Gasteiger partial charge in [-0.15, -0.1) is 0 Å². The maximum atomic E-state index is 12.2. The van der Waals surface area contributed by atoms with E-state index in [1.165, 1.54) is 11.1 Å². The Morgan fingerprint density at radius 2 is 2.15 bits per heavy atom. The zero-order valence-electron chi connectivity index (χ0n) is 12.6. The van der Waals surface area contributed by atoms with E-state index in [-0.39, 0.29) is 11.9 Å². The number of nitrogens with two attached hydrogens (primary N) is 1. The van der Waals surface area contributed by atoms with Crippen molar-refractivity contribution in [3.8, 4) is 0 Å². The normalized spacial score (nSPS) is 16.8. The van der Waals surface area contributed by atoms with Gasteiger partial charge in [0, 0.05) is 25.3 Å². The van der Waals surface area contributed by atoms with Gasteiger partial charge >= 0.3 is 0 Å². The molecule has 1 aliphatic heterocycles. The SMILES string of the molecule is CC(C)CNC(=O)C(C)N1CCc2cccc(N)c2C1. The van der Waals surface area contributed by atoms with E-state index < -0.39 is 0 Å². The van der Waals surface area contributed by atoms with Crippen LogP contribution in [0.3, 0.4) is 0 Å². The summed E-state index contributed by atoms with van der Waals surface area (Å²) in [5, 5.41) is 3.01. The number of amides is 1. The molecule has 1 aromatic rings. The third kappa shape index (κ3) is 3.31. The van der Waals surface area contributed by atoms with Crippen molar-refractivity contribution in [1.82, 2.24) is 10.2 Å². The molecule has 1 aromatic carbocycles. The Morgan fingerprint density at radius 1 is 1.40 bits per heavy atom. The lowest BCUT2D eigenvalue weighted by atomic mass is 9.97. The van der Waals surface area contributed by atoms with Crippen LogP contribution in [-0.2, 0) is 17.8 Å². The number of rotatable bonds is 4. The van der Waals surface area contributed by atoms with Crippen LogP contribution >= 0.6 is 0 Å². The number of fused-ring (bicyclic) bond motifs is 1. The maximum absolute atomic E-state index is 12.2. The van der Waals surface area contributed by atoms with Crippen molar-refractivity contribution in [2.75, 3.05) is 18.8 Å². The molecule has 0 aromatic heterocycles. The molecule has 0 saturated heterocycles. The number of hydrogen-bond acceptors (Lipinski definition) is 3. The van der Waals surface area contributed by atoms with Crippen LogP contribution in [-0.4, -0.2) is 29.9 Å². The van der Waals surface area contributed by atoms with E-state index in [1.54, 1.807) is 0 Å². The molecule has 0 aliphatic carbocycles. The van der Waals surface area contributed by atoms with Crippen LogP contribution in [0.25, 0.3) is 0 Å². The highest BCUT2D eigenvalue weighted by molar-refractivity contribution is 5.81. The molecule has 3 N–H and O–H groups in total. The zero-order chi connectivity index (χ0) is 14.7. The zero-order valence-corrected chi connectivity index (χ0v) is 12.6. The molecule has 0 saturated carbocycles. The molecule has 2 rings (SSSR count). The molecule has 1 atom stereocenters. The van der Waals surface area contributed by atoms with Crippen LogP contribution in [0.2, 0.25) is 0 Å². The summed E-state index contributed by atoms with van der Waals surface area (Å²) in [6.45, 7) is 8.58. The minimum atomic E-state index is -0.110. The molecule has 0 radical (unpaired) electrons. The van der Waals surface area contributed by atoms with Crippen LogP contribution in [0.15, 0.2) is 18.2 Å². The van der Waals surface area contributed by atoms with Gasteiger partial charge in [0.2, 0.25) is 5.91 Å². The third-order valence-electron chi connectivity index (χ3n) is 3.95. The number of anilines is 1. The van der Waals surface area contributed by atoms with Gasteiger partial charge in [-0.25, -0.2) is 0 Å². The number of benzene rings is 1. The minimum Gasteiger partial charge on any atom is -0.398 e. The minimum absolute atomic E-state index is 0.108. The van der Waals surface area contributed by atoms with Gasteiger partial charge in [-0.3, -0.25) is 9.69 Å². The summed E-state index contributed by atoms with van der Waals surface area (Å²) in [5.74, 6) is 0.584. The summed E-state index contributed by atoms with van der Waals surface area (Å²) < 4.78 is 0. The van der Waals surface area contributed by atoms with E-state index in [0.717, 1.165) is 31.7 Å². The van der Waals surface area contributed by atoms with E-state index in [2.05, 4.69) is 30.1 Å². The summed E-state index contributed by atoms with van der Waals surface area (Å²) in [5.41, 5.74) is 9.38. The number of nitrogens with zero attached hydrogens (tertiary/aromatic N) is 1. The van der Waals surface area contributed by atoms with Crippen molar-refractivity contribution >= 4 is 11.6 Å². The van der Waals surface area contributed by atoms with E-state index in [9.17, 15) is 4.79 Å². The average molecular weight is 275 g/mol. The predicted octanol–water partition coefficient (Wildman–Crippen LogP) is 1.79. The summed E-state index contributed by atoms with van der Waals surface area (Å²) >= 11 is 0. The first kappa shape index (κ1) is 14.9. The highest BCUT2D eigenvalue weighted by Crippen LogP contribution is 2.25. The molecule has 4 heteroatoms. The highest BCUT2D eigenvalue weighted by Gasteiger charge is 2.26. The van der Waals surface area contributed by atoms with Gasteiger partial charge in [0.05, 0.1) is 6.04 Å². The number of carbonyl (C=O) groups excluding carboxylic acids is 1. The molecule has 4 nitrogen and oxygen atoms in total. The summed E-state index contributed by atoms with van der Waals surface area (Å²) in [7, 11) is 0. The number of hydrogen-bond donors (Lipinski definition) is 2. The fourth-order valence-electron chi connectivity index (χ4n) is 2.58. The van der Waals surface area contributed by atoms with Crippen molar-refractivity contribution in [2.45, 2.75) is 39.8 Å². The van der Waals surface area contributed by atoms with Gasteiger partial charge in [0.25, 0.3) is 0 Å². The Labute approximate surface area is 121 Å². The smallest absolute Gasteiger partial charge is 0.237 e. The van der Waals surface area contributed by atoms with E-state index in [1.807, 2.05) is 19.1 Å². The van der Waals surface area contributed by atoms with Crippen LogP contribution in [0.4, 0.5) is 5.69 Å². The first-order valence-electron chi connectivity index (χ1n) is 7.37. The quantitative estimate of drug-likeness (QED) is 0.824. The van der Waals surface area contributed by atoms with E-state index in [4.69, 9.17) is 5.73 Å². The van der Waals surface area contributed by atoms with Crippen LogP contribution in [0.5, 0.6) is 0 Å². The third-order valence-corrected chi connectivity index (χ3v) is 3.95. The average Bonchev–Trinajstić information content (AvgIpc) is 2.44. The second-order valence-electron chi connectivity index (χ2n) is 6.02. The lowest BCUT2D eigenvalue weighted by Crippen LogP contribution is -2.47. The Hall–Kier alpha value is -1.55. The van der Waals surface area contributed by atoms with E-state index in [0.29, 0.717) is 5.92 Å². The van der Waals surface area contributed by atoms with Gasteiger partial charge in [-0.05, 0) is 36.5 Å². The van der Waals surface area contributed by atoms with Crippen LogP contribution < -0.4 is 11.1 Å². The molecule has 0 spiro atoms. The fraction of sp³-hybridized carbons (Fsp3) is 0.562. The summed E-state index contributed by atoms with van der Waals surface area (Å²) in [6.07, 6.45) is 0.960. The molecular weight excluding hydrogens is 250 g/mol. The molecule has 1 amide bonds. The monoisotopic (exact) mass is 275 g/mol. The molecule has 110 valence electrons. The van der Waals surface area contributed by atoms with Gasteiger partial charge in [0.15, 0.2) is 0 Å². The summed E-state index contributed by atoms with van der Waals surface area (Å²) in [4.78, 5) is 14.4. The molecule has 0 fully saturated rings. The van der Waals surface area contributed by atoms with Crippen molar-refractivity contribution in [1.29, 1.82) is 0 Å².